The SMILES string of the molecule is c1ccc(N(c2ccc(-c3ccc(-c4ccc(N(c5ccccc5)c5cccc6c5oc5ccccc56)cc4)cc3)cc2)c2cccc3c2oc2ccccc23)cc1. The highest BCUT2D eigenvalue weighted by molar-refractivity contribution is 6.11. The molecule has 4 nitrogen and oxygen atoms in total. The Kier molecular flexibility index (Phi) is 8.11. The Morgan fingerprint density at radius 2 is 0.552 bits per heavy atom. The van der Waals surface area contributed by atoms with Crippen LogP contribution in [0.25, 0.3) is 66.1 Å². The predicted octanol–water partition coefficient (Wildman–Crippen LogP) is 15.8. The van der Waals surface area contributed by atoms with Crippen molar-refractivity contribution in [1.82, 2.24) is 0 Å². The molecule has 274 valence electrons. The van der Waals surface area contributed by atoms with Gasteiger partial charge in [0.2, 0.25) is 0 Å². The van der Waals surface area contributed by atoms with Crippen LogP contribution in [0, 0.1) is 0 Å². The standard InChI is InChI=1S/C54H36N2O2/c1-3-13-41(14-4-1)55(49-21-11-19-47-45-17-7-9-23-51(45)57-53(47)49)43-33-29-39(30-34-43)37-25-27-38(28-26-37)40-31-35-44(36-32-40)56(42-15-5-2-6-16-42)50-22-12-20-48-46-18-8-10-24-52(46)58-54(48)50/h1-36H. The van der Waals surface area contributed by atoms with Gasteiger partial charge < -0.3 is 18.6 Å². The van der Waals surface area contributed by atoms with Crippen molar-refractivity contribution in [3.8, 4) is 22.3 Å². The van der Waals surface area contributed by atoms with E-state index in [1.165, 1.54) is 0 Å². The van der Waals surface area contributed by atoms with Gasteiger partial charge >= 0.3 is 0 Å². The molecule has 9 aromatic carbocycles. The summed E-state index contributed by atoms with van der Waals surface area (Å²) in [5.74, 6) is 0. The van der Waals surface area contributed by atoms with Crippen molar-refractivity contribution < 1.29 is 8.83 Å². The zero-order chi connectivity index (χ0) is 38.4. The molecule has 0 amide bonds. The van der Waals surface area contributed by atoms with E-state index >= 15 is 0 Å². The maximum atomic E-state index is 6.48. The Hall–Kier alpha value is -7.82. The zero-order valence-corrected chi connectivity index (χ0v) is 31.5. The van der Waals surface area contributed by atoms with Gasteiger partial charge in [0, 0.05) is 44.3 Å². The summed E-state index contributed by atoms with van der Waals surface area (Å²) in [5.41, 5.74) is 14.4. The minimum Gasteiger partial charge on any atom is -0.454 e. The van der Waals surface area contributed by atoms with Crippen molar-refractivity contribution in [2.75, 3.05) is 9.80 Å². The molecule has 11 rings (SSSR count). The second-order valence-electron chi connectivity index (χ2n) is 14.5. The molecule has 0 spiro atoms. The number of benzene rings is 9. The van der Waals surface area contributed by atoms with Crippen LogP contribution in [0.1, 0.15) is 0 Å². The molecule has 58 heavy (non-hydrogen) atoms. The second-order valence-corrected chi connectivity index (χ2v) is 14.5. The lowest BCUT2D eigenvalue weighted by atomic mass is 9.99. The highest BCUT2D eigenvalue weighted by Crippen LogP contribution is 2.44. The fourth-order valence-electron chi connectivity index (χ4n) is 8.29. The number of rotatable bonds is 8. The molecule has 2 heterocycles. The van der Waals surface area contributed by atoms with Gasteiger partial charge in [-0.25, -0.2) is 0 Å². The molecule has 0 unspecified atom stereocenters. The fraction of sp³-hybridized carbons (Fsp3) is 0. The molecule has 0 N–H and O–H groups in total. The minimum absolute atomic E-state index is 0.872. The monoisotopic (exact) mass is 744 g/mol. The molecule has 0 aliphatic heterocycles. The molecule has 0 radical (unpaired) electrons. The molecule has 0 saturated carbocycles. The number of nitrogens with zero attached hydrogens (tertiary/aromatic N) is 2. The van der Waals surface area contributed by atoms with Crippen molar-refractivity contribution >= 4 is 78.0 Å². The smallest absolute Gasteiger partial charge is 0.159 e. The lowest BCUT2D eigenvalue weighted by Crippen LogP contribution is -2.10. The molecule has 4 heteroatoms. The summed E-state index contributed by atoms with van der Waals surface area (Å²) in [7, 11) is 0. The zero-order valence-electron chi connectivity index (χ0n) is 31.5. The third-order valence-corrected chi connectivity index (χ3v) is 11.1. The number of fused-ring (bicyclic) bond motifs is 6. The van der Waals surface area contributed by atoms with Crippen molar-refractivity contribution in [2.24, 2.45) is 0 Å². The molecule has 0 atom stereocenters. The summed E-state index contributed by atoms with van der Waals surface area (Å²) in [4.78, 5) is 4.55. The lowest BCUT2D eigenvalue weighted by molar-refractivity contribution is 0.668. The Labute approximate surface area is 336 Å². The topological polar surface area (TPSA) is 32.8 Å². The van der Waals surface area contributed by atoms with Crippen LogP contribution >= 0.6 is 0 Å². The van der Waals surface area contributed by atoms with Gasteiger partial charge in [0.1, 0.15) is 11.2 Å². The molecule has 0 aliphatic carbocycles. The van der Waals surface area contributed by atoms with E-state index in [2.05, 4.69) is 192 Å². The fourth-order valence-corrected chi connectivity index (χ4v) is 8.29. The number of para-hydroxylation sites is 6. The molecule has 0 bridgehead atoms. The van der Waals surface area contributed by atoms with E-state index in [0.717, 1.165) is 100 Å². The molecular formula is C54H36N2O2. The summed E-state index contributed by atoms with van der Waals surface area (Å²) in [6.07, 6.45) is 0. The number of hydrogen-bond acceptors (Lipinski definition) is 4. The van der Waals surface area contributed by atoms with Gasteiger partial charge in [-0.1, -0.05) is 146 Å². The van der Waals surface area contributed by atoms with E-state index in [4.69, 9.17) is 8.83 Å². The molecular weight excluding hydrogens is 709 g/mol. The highest BCUT2D eigenvalue weighted by atomic mass is 16.3. The highest BCUT2D eigenvalue weighted by Gasteiger charge is 2.21. The first-order chi connectivity index (χ1) is 28.8. The van der Waals surface area contributed by atoms with Gasteiger partial charge in [0.15, 0.2) is 11.2 Å². The van der Waals surface area contributed by atoms with Gasteiger partial charge in [-0.2, -0.15) is 0 Å². The van der Waals surface area contributed by atoms with Gasteiger partial charge in [0.05, 0.1) is 11.4 Å². The second kappa shape index (κ2) is 14.0. The van der Waals surface area contributed by atoms with Crippen molar-refractivity contribution in [2.45, 2.75) is 0 Å². The van der Waals surface area contributed by atoms with Crippen LogP contribution in [0.15, 0.2) is 227 Å². The van der Waals surface area contributed by atoms with E-state index in [-0.39, 0.29) is 0 Å². The van der Waals surface area contributed by atoms with E-state index < -0.39 is 0 Å². The summed E-state index contributed by atoms with van der Waals surface area (Å²) in [5, 5.41) is 4.45. The molecule has 0 aliphatic rings. The van der Waals surface area contributed by atoms with E-state index in [1.54, 1.807) is 0 Å². The quantitative estimate of drug-likeness (QED) is 0.155. The van der Waals surface area contributed by atoms with Gasteiger partial charge in [-0.05, 0) is 95.1 Å². The van der Waals surface area contributed by atoms with Crippen LogP contribution in [0.3, 0.4) is 0 Å². The third kappa shape index (κ3) is 5.78. The van der Waals surface area contributed by atoms with Gasteiger partial charge in [-0.3, -0.25) is 0 Å². The van der Waals surface area contributed by atoms with E-state index in [1.807, 2.05) is 36.4 Å². The largest absolute Gasteiger partial charge is 0.454 e. The third-order valence-electron chi connectivity index (χ3n) is 11.1. The Morgan fingerprint density at radius 1 is 0.241 bits per heavy atom. The average Bonchev–Trinajstić information content (AvgIpc) is 3.88. The van der Waals surface area contributed by atoms with Crippen LogP contribution in [-0.4, -0.2) is 0 Å². The summed E-state index contributed by atoms with van der Waals surface area (Å²) in [6, 6.07) is 76.6. The predicted molar refractivity (Wildman–Crippen MR) is 241 cm³/mol. The summed E-state index contributed by atoms with van der Waals surface area (Å²) < 4.78 is 13.0. The molecule has 2 aromatic heterocycles. The van der Waals surface area contributed by atoms with Crippen LogP contribution in [0.5, 0.6) is 0 Å². The number of hydrogen-bond donors (Lipinski definition) is 0. The molecule has 0 saturated heterocycles. The van der Waals surface area contributed by atoms with Crippen molar-refractivity contribution in [3.05, 3.63) is 218 Å². The first-order valence-electron chi connectivity index (χ1n) is 19.6. The Morgan fingerprint density at radius 3 is 0.948 bits per heavy atom. The van der Waals surface area contributed by atoms with Crippen LogP contribution in [-0.2, 0) is 0 Å². The maximum absolute atomic E-state index is 6.48. The minimum atomic E-state index is 0.872. The Bertz CT molecular complexity index is 2980. The van der Waals surface area contributed by atoms with Crippen molar-refractivity contribution in [3.63, 3.8) is 0 Å². The summed E-state index contributed by atoms with van der Waals surface area (Å²) in [6.45, 7) is 0. The van der Waals surface area contributed by atoms with E-state index in [9.17, 15) is 0 Å². The normalized spacial score (nSPS) is 11.4. The first-order valence-corrected chi connectivity index (χ1v) is 19.6. The molecule has 0 fully saturated rings. The lowest BCUT2D eigenvalue weighted by Gasteiger charge is -2.25. The Balaban J connectivity index is 0.896. The van der Waals surface area contributed by atoms with Crippen LogP contribution < -0.4 is 9.80 Å². The number of anilines is 6. The van der Waals surface area contributed by atoms with Crippen molar-refractivity contribution in [1.29, 1.82) is 0 Å². The first kappa shape index (κ1) is 33.5. The van der Waals surface area contributed by atoms with E-state index in [0.29, 0.717) is 0 Å². The average molecular weight is 745 g/mol. The maximum Gasteiger partial charge on any atom is 0.159 e. The van der Waals surface area contributed by atoms with Crippen LogP contribution in [0.2, 0.25) is 0 Å². The van der Waals surface area contributed by atoms with Crippen LogP contribution in [0.4, 0.5) is 34.1 Å². The number of furan rings is 2. The summed E-state index contributed by atoms with van der Waals surface area (Å²) >= 11 is 0. The molecule has 11 aromatic rings. The van der Waals surface area contributed by atoms with Gasteiger partial charge in [-0.15, -0.1) is 0 Å². The van der Waals surface area contributed by atoms with Gasteiger partial charge in [0.25, 0.3) is 0 Å².